The Balaban J connectivity index is 1.95. The van der Waals surface area contributed by atoms with Gasteiger partial charge in [0.1, 0.15) is 0 Å². The van der Waals surface area contributed by atoms with E-state index < -0.39 is 5.97 Å². The van der Waals surface area contributed by atoms with Gasteiger partial charge in [0.05, 0.1) is 6.10 Å². The molecule has 0 aromatic heterocycles. The Morgan fingerprint density at radius 3 is 2.76 bits per heavy atom. The number of carboxylic acid groups (broad SMARTS) is 1. The fraction of sp³-hybridized carbons (Fsp3) is 0.643. The molecule has 0 amide bonds. The zero-order valence-electron chi connectivity index (χ0n) is 10.2. The average molecular weight is 238 g/mol. The molecular formula is C14H22O3. The summed E-state index contributed by atoms with van der Waals surface area (Å²) in [7, 11) is 0. The van der Waals surface area contributed by atoms with E-state index in [1.807, 2.05) is 6.08 Å². The van der Waals surface area contributed by atoms with Gasteiger partial charge in [-0.25, -0.2) is 0 Å². The highest BCUT2D eigenvalue weighted by molar-refractivity contribution is 5.66. The summed E-state index contributed by atoms with van der Waals surface area (Å²) in [4.78, 5) is 10.3. The van der Waals surface area contributed by atoms with Crippen molar-refractivity contribution in [2.24, 2.45) is 5.92 Å². The third kappa shape index (κ3) is 6.27. The average Bonchev–Trinajstić information content (AvgIpc) is 2.68. The van der Waals surface area contributed by atoms with Crippen molar-refractivity contribution in [1.29, 1.82) is 0 Å². The Morgan fingerprint density at radius 1 is 1.29 bits per heavy atom. The second kappa shape index (κ2) is 8.07. The molecule has 3 nitrogen and oxygen atoms in total. The SMILES string of the molecule is O=C(O)CCCCCC=CCC1C=CCC1O. The molecule has 3 heteroatoms. The number of aliphatic carboxylic acids is 1. The van der Waals surface area contributed by atoms with Gasteiger partial charge in [-0.15, -0.1) is 0 Å². The molecule has 2 N–H and O–H groups in total. The fourth-order valence-corrected chi connectivity index (χ4v) is 2.02. The van der Waals surface area contributed by atoms with E-state index >= 15 is 0 Å². The van der Waals surface area contributed by atoms with E-state index in [0.717, 1.165) is 38.5 Å². The maximum Gasteiger partial charge on any atom is 0.303 e. The topological polar surface area (TPSA) is 57.5 Å². The van der Waals surface area contributed by atoms with Crippen molar-refractivity contribution in [3.05, 3.63) is 24.3 Å². The summed E-state index contributed by atoms with van der Waals surface area (Å²) in [5.74, 6) is -0.416. The van der Waals surface area contributed by atoms with Crippen LogP contribution in [0.5, 0.6) is 0 Å². The maximum atomic E-state index is 10.3. The first-order valence-electron chi connectivity index (χ1n) is 6.41. The molecule has 96 valence electrons. The summed E-state index contributed by atoms with van der Waals surface area (Å²) >= 11 is 0. The second-order valence-electron chi connectivity index (χ2n) is 4.60. The first-order chi connectivity index (χ1) is 8.20. The van der Waals surface area contributed by atoms with Crippen LogP contribution >= 0.6 is 0 Å². The molecule has 0 bridgehead atoms. The zero-order chi connectivity index (χ0) is 12.5. The summed E-state index contributed by atoms with van der Waals surface area (Å²) in [6.45, 7) is 0. The van der Waals surface area contributed by atoms with Gasteiger partial charge in [-0.1, -0.05) is 30.7 Å². The molecule has 0 aromatic carbocycles. The summed E-state index contributed by atoms with van der Waals surface area (Å²) in [5.41, 5.74) is 0. The highest BCUT2D eigenvalue weighted by Gasteiger charge is 2.17. The van der Waals surface area contributed by atoms with Crippen LogP contribution in [-0.2, 0) is 4.79 Å². The Kier molecular flexibility index (Phi) is 6.63. The van der Waals surface area contributed by atoms with E-state index in [1.165, 1.54) is 0 Å². The van der Waals surface area contributed by atoms with Gasteiger partial charge >= 0.3 is 5.97 Å². The van der Waals surface area contributed by atoms with Crippen molar-refractivity contribution in [3.8, 4) is 0 Å². The van der Waals surface area contributed by atoms with Crippen molar-refractivity contribution in [2.75, 3.05) is 0 Å². The lowest BCUT2D eigenvalue weighted by Crippen LogP contribution is -2.12. The number of aliphatic hydroxyl groups excluding tert-OH is 1. The third-order valence-electron chi connectivity index (χ3n) is 3.09. The maximum absolute atomic E-state index is 10.3. The quantitative estimate of drug-likeness (QED) is 0.505. The molecule has 1 rings (SSSR count). The number of aliphatic hydroxyl groups is 1. The molecule has 0 aromatic rings. The molecule has 1 aliphatic rings. The first kappa shape index (κ1) is 14.0. The Hall–Kier alpha value is -1.09. The van der Waals surface area contributed by atoms with Gasteiger partial charge in [0, 0.05) is 12.3 Å². The number of allylic oxidation sites excluding steroid dienone is 2. The van der Waals surface area contributed by atoms with Crippen molar-refractivity contribution in [3.63, 3.8) is 0 Å². The Labute approximate surface area is 103 Å². The van der Waals surface area contributed by atoms with Crippen LogP contribution in [0.4, 0.5) is 0 Å². The summed E-state index contributed by atoms with van der Waals surface area (Å²) < 4.78 is 0. The normalized spacial score (nSPS) is 23.6. The van der Waals surface area contributed by atoms with Crippen LogP contribution in [0.2, 0.25) is 0 Å². The van der Waals surface area contributed by atoms with E-state index in [4.69, 9.17) is 5.11 Å². The molecule has 0 aliphatic heterocycles. The third-order valence-corrected chi connectivity index (χ3v) is 3.09. The van der Waals surface area contributed by atoms with E-state index in [2.05, 4.69) is 18.2 Å². The van der Waals surface area contributed by atoms with E-state index in [9.17, 15) is 9.90 Å². The smallest absolute Gasteiger partial charge is 0.303 e. The van der Waals surface area contributed by atoms with Crippen LogP contribution in [0.15, 0.2) is 24.3 Å². The van der Waals surface area contributed by atoms with Crippen LogP contribution in [0, 0.1) is 5.92 Å². The second-order valence-corrected chi connectivity index (χ2v) is 4.60. The lowest BCUT2D eigenvalue weighted by molar-refractivity contribution is -0.137. The van der Waals surface area contributed by atoms with Crippen molar-refractivity contribution in [1.82, 2.24) is 0 Å². The highest BCUT2D eigenvalue weighted by Crippen LogP contribution is 2.21. The van der Waals surface area contributed by atoms with Gasteiger partial charge in [0.15, 0.2) is 0 Å². The van der Waals surface area contributed by atoms with Gasteiger partial charge in [0.25, 0.3) is 0 Å². The summed E-state index contributed by atoms with van der Waals surface area (Å²) in [5, 5.41) is 18.0. The molecule has 0 saturated carbocycles. The summed E-state index contributed by atoms with van der Waals surface area (Å²) in [6.07, 6.45) is 14.0. The van der Waals surface area contributed by atoms with Gasteiger partial charge in [0.2, 0.25) is 0 Å². The molecule has 1 aliphatic carbocycles. The fourth-order valence-electron chi connectivity index (χ4n) is 2.02. The lowest BCUT2D eigenvalue weighted by atomic mass is 10.0. The number of hydrogen-bond acceptors (Lipinski definition) is 2. The Bertz CT molecular complexity index is 281. The van der Waals surface area contributed by atoms with Crippen molar-refractivity contribution < 1.29 is 15.0 Å². The monoisotopic (exact) mass is 238 g/mol. The van der Waals surface area contributed by atoms with Crippen LogP contribution in [0.1, 0.15) is 44.9 Å². The van der Waals surface area contributed by atoms with Crippen LogP contribution < -0.4 is 0 Å². The minimum atomic E-state index is -0.706. The number of carboxylic acids is 1. The molecule has 0 saturated heterocycles. The first-order valence-corrected chi connectivity index (χ1v) is 6.41. The van der Waals surface area contributed by atoms with Crippen LogP contribution in [-0.4, -0.2) is 22.3 Å². The number of rotatable bonds is 8. The largest absolute Gasteiger partial charge is 0.481 e. The zero-order valence-corrected chi connectivity index (χ0v) is 10.2. The van der Waals surface area contributed by atoms with Crippen LogP contribution in [0.3, 0.4) is 0 Å². The number of unbranched alkanes of at least 4 members (excludes halogenated alkanes) is 3. The lowest BCUT2D eigenvalue weighted by Gasteiger charge is -2.10. The summed E-state index contributed by atoms with van der Waals surface area (Å²) in [6, 6.07) is 0. The Morgan fingerprint density at radius 2 is 2.12 bits per heavy atom. The molecule has 2 atom stereocenters. The van der Waals surface area contributed by atoms with E-state index in [0.29, 0.717) is 5.92 Å². The van der Waals surface area contributed by atoms with E-state index in [-0.39, 0.29) is 12.5 Å². The molecule has 0 radical (unpaired) electrons. The predicted octanol–water partition coefficient (Wildman–Crippen LogP) is 2.90. The molecular weight excluding hydrogens is 216 g/mol. The van der Waals surface area contributed by atoms with Gasteiger partial charge in [-0.2, -0.15) is 0 Å². The molecule has 0 fully saturated rings. The van der Waals surface area contributed by atoms with Crippen molar-refractivity contribution >= 4 is 5.97 Å². The molecule has 2 unspecified atom stereocenters. The van der Waals surface area contributed by atoms with Crippen LogP contribution in [0.25, 0.3) is 0 Å². The highest BCUT2D eigenvalue weighted by atomic mass is 16.4. The molecule has 0 spiro atoms. The van der Waals surface area contributed by atoms with Gasteiger partial charge in [-0.3, -0.25) is 4.79 Å². The van der Waals surface area contributed by atoms with Gasteiger partial charge in [-0.05, 0) is 32.1 Å². The predicted molar refractivity (Wildman–Crippen MR) is 67.7 cm³/mol. The molecule has 17 heavy (non-hydrogen) atoms. The van der Waals surface area contributed by atoms with Gasteiger partial charge < -0.3 is 10.2 Å². The van der Waals surface area contributed by atoms with Crippen molar-refractivity contribution in [2.45, 2.75) is 51.0 Å². The minimum Gasteiger partial charge on any atom is -0.481 e. The minimum absolute atomic E-state index is 0.199. The number of hydrogen-bond donors (Lipinski definition) is 2. The van der Waals surface area contributed by atoms with E-state index in [1.54, 1.807) is 0 Å². The number of carbonyl (C=O) groups is 1. The molecule has 0 heterocycles. The standard InChI is InChI=1S/C14H22O3/c15-13-10-7-9-12(13)8-5-3-1-2-4-6-11-14(16)17/h3,5,7,9,12-13,15H,1-2,4,6,8,10-11H2,(H,16,17).